The topological polar surface area (TPSA) is 67.4 Å². The lowest BCUT2D eigenvalue weighted by molar-refractivity contribution is 0.122. The summed E-state index contributed by atoms with van der Waals surface area (Å²) in [5.41, 5.74) is 3.04. The molecule has 0 N–H and O–H groups in total. The van der Waals surface area contributed by atoms with E-state index in [-0.39, 0.29) is 5.56 Å². The molecule has 130 valence electrons. The number of rotatable bonds is 5. The van der Waals surface area contributed by atoms with Gasteiger partial charge in [0, 0.05) is 50.9 Å². The third-order valence-electron chi connectivity index (χ3n) is 4.66. The SMILES string of the molecule is Cc1ccc(=O)n(CCN2CCN(Cc3c(C)noc3C)CC2)n1. The lowest BCUT2D eigenvalue weighted by Gasteiger charge is -2.34. The van der Waals surface area contributed by atoms with E-state index in [1.165, 1.54) is 5.56 Å². The fourth-order valence-electron chi connectivity index (χ4n) is 3.07. The minimum absolute atomic E-state index is 0.0300. The van der Waals surface area contributed by atoms with Crippen LogP contribution in [0.4, 0.5) is 0 Å². The molecular weight excluding hydrogens is 306 g/mol. The molecule has 0 radical (unpaired) electrons. The first-order chi connectivity index (χ1) is 11.5. The average molecular weight is 331 g/mol. The minimum Gasteiger partial charge on any atom is -0.361 e. The van der Waals surface area contributed by atoms with Crippen LogP contribution < -0.4 is 5.56 Å². The first-order valence-electron chi connectivity index (χ1n) is 8.44. The zero-order valence-corrected chi connectivity index (χ0v) is 14.7. The Hall–Kier alpha value is -1.99. The van der Waals surface area contributed by atoms with Crippen LogP contribution in [0.25, 0.3) is 0 Å². The molecule has 2 aromatic rings. The van der Waals surface area contributed by atoms with Crippen molar-refractivity contribution in [1.29, 1.82) is 0 Å². The van der Waals surface area contributed by atoms with Crippen molar-refractivity contribution in [3.8, 4) is 0 Å². The summed E-state index contributed by atoms with van der Waals surface area (Å²) in [5, 5.41) is 8.31. The smallest absolute Gasteiger partial charge is 0.266 e. The molecule has 7 heteroatoms. The minimum atomic E-state index is -0.0300. The van der Waals surface area contributed by atoms with Gasteiger partial charge in [-0.05, 0) is 26.8 Å². The lowest BCUT2D eigenvalue weighted by atomic mass is 10.2. The van der Waals surface area contributed by atoms with Crippen LogP contribution in [0.2, 0.25) is 0 Å². The molecule has 7 nitrogen and oxygen atoms in total. The molecule has 3 heterocycles. The number of aromatic nitrogens is 3. The summed E-state index contributed by atoms with van der Waals surface area (Å²) >= 11 is 0. The molecule has 1 fully saturated rings. The van der Waals surface area contributed by atoms with Gasteiger partial charge in [0.25, 0.3) is 5.56 Å². The van der Waals surface area contributed by atoms with Crippen LogP contribution >= 0.6 is 0 Å². The van der Waals surface area contributed by atoms with Crippen molar-refractivity contribution in [2.75, 3.05) is 32.7 Å². The number of hydrogen-bond donors (Lipinski definition) is 0. The van der Waals surface area contributed by atoms with Crippen LogP contribution in [0, 0.1) is 20.8 Å². The highest BCUT2D eigenvalue weighted by atomic mass is 16.5. The number of nitrogens with zero attached hydrogens (tertiary/aromatic N) is 5. The van der Waals surface area contributed by atoms with Crippen LogP contribution in [0.1, 0.15) is 22.7 Å². The van der Waals surface area contributed by atoms with Crippen LogP contribution in [0.15, 0.2) is 21.5 Å². The van der Waals surface area contributed by atoms with Gasteiger partial charge in [0.1, 0.15) is 5.76 Å². The van der Waals surface area contributed by atoms with Gasteiger partial charge in [-0.1, -0.05) is 5.16 Å². The van der Waals surface area contributed by atoms with E-state index in [4.69, 9.17) is 4.52 Å². The molecule has 0 saturated carbocycles. The molecule has 3 rings (SSSR count). The zero-order valence-electron chi connectivity index (χ0n) is 14.7. The van der Waals surface area contributed by atoms with Crippen LogP contribution in [-0.4, -0.2) is 57.5 Å². The molecule has 1 aliphatic heterocycles. The van der Waals surface area contributed by atoms with E-state index < -0.39 is 0 Å². The Kier molecular flexibility index (Phi) is 5.11. The number of aryl methyl sites for hydroxylation is 3. The molecule has 1 aliphatic rings. The molecule has 1 saturated heterocycles. The summed E-state index contributed by atoms with van der Waals surface area (Å²) in [5.74, 6) is 0.917. The highest BCUT2D eigenvalue weighted by Crippen LogP contribution is 2.16. The second-order valence-electron chi connectivity index (χ2n) is 6.46. The van der Waals surface area contributed by atoms with E-state index in [0.29, 0.717) is 6.54 Å². The quantitative estimate of drug-likeness (QED) is 0.813. The lowest BCUT2D eigenvalue weighted by Crippen LogP contribution is -2.47. The number of piperazine rings is 1. The molecule has 0 unspecified atom stereocenters. The molecular formula is C17H25N5O2. The fraction of sp³-hybridized carbons (Fsp3) is 0.588. The predicted molar refractivity (Wildman–Crippen MR) is 90.9 cm³/mol. The van der Waals surface area contributed by atoms with Gasteiger partial charge in [-0.2, -0.15) is 5.10 Å². The molecule has 0 aliphatic carbocycles. The maximum Gasteiger partial charge on any atom is 0.266 e. The van der Waals surface area contributed by atoms with E-state index >= 15 is 0 Å². The monoisotopic (exact) mass is 331 g/mol. The molecule has 0 amide bonds. The van der Waals surface area contributed by atoms with Gasteiger partial charge in [0.2, 0.25) is 0 Å². The molecule has 0 spiro atoms. The van der Waals surface area contributed by atoms with Crippen molar-refractivity contribution < 1.29 is 4.52 Å². The summed E-state index contributed by atoms with van der Waals surface area (Å²) in [6.07, 6.45) is 0. The Labute approximate surface area is 141 Å². The van der Waals surface area contributed by atoms with Gasteiger partial charge < -0.3 is 4.52 Å². The zero-order chi connectivity index (χ0) is 17.1. The van der Waals surface area contributed by atoms with Crippen molar-refractivity contribution in [2.45, 2.75) is 33.9 Å². The van der Waals surface area contributed by atoms with Crippen LogP contribution in [0.3, 0.4) is 0 Å². The summed E-state index contributed by atoms with van der Waals surface area (Å²) in [6.45, 7) is 12.3. The normalized spacial score (nSPS) is 16.6. The van der Waals surface area contributed by atoms with E-state index in [1.807, 2.05) is 20.8 Å². The van der Waals surface area contributed by atoms with Crippen molar-refractivity contribution in [3.05, 3.63) is 45.2 Å². The number of hydrogen-bond acceptors (Lipinski definition) is 6. The summed E-state index contributed by atoms with van der Waals surface area (Å²) < 4.78 is 6.80. The Balaban J connectivity index is 1.49. The van der Waals surface area contributed by atoms with Crippen molar-refractivity contribution >= 4 is 0 Å². The highest BCUT2D eigenvalue weighted by Gasteiger charge is 2.19. The third-order valence-corrected chi connectivity index (χ3v) is 4.66. The fourth-order valence-corrected chi connectivity index (χ4v) is 3.07. The predicted octanol–water partition coefficient (Wildman–Crippen LogP) is 0.974. The van der Waals surface area contributed by atoms with Gasteiger partial charge in [-0.3, -0.25) is 14.6 Å². The summed E-state index contributed by atoms with van der Waals surface area (Å²) in [4.78, 5) is 16.6. The highest BCUT2D eigenvalue weighted by molar-refractivity contribution is 5.20. The van der Waals surface area contributed by atoms with Crippen molar-refractivity contribution in [3.63, 3.8) is 0 Å². The Morgan fingerprint density at radius 3 is 2.42 bits per heavy atom. The maximum atomic E-state index is 11.8. The van der Waals surface area contributed by atoms with Crippen LogP contribution in [0.5, 0.6) is 0 Å². The molecule has 0 atom stereocenters. The molecule has 2 aromatic heterocycles. The first kappa shape index (κ1) is 16.9. The van der Waals surface area contributed by atoms with Gasteiger partial charge in [-0.15, -0.1) is 0 Å². The Morgan fingerprint density at radius 1 is 1.04 bits per heavy atom. The maximum absolute atomic E-state index is 11.8. The first-order valence-corrected chi connectivity index (χ1v) is 8.44. The van der Waals surface area contributed by atoms with Crippen molar-refractivity contribution in [2.24, 2.45) is 0 Å². The van der Waals surface area contributed by atoms with Gasteiger partial charge in [-0.25, -0.2) is 4.68 Å². The Morgan fingerprint density at radius 2 is 1.75 bits per heavy atom. The van der Waals surface area contributed by atoms with E-state index in [9.17, 15) is 4.79 Å². The second kappa shape index (κ2) is 7.27. The van der Waals surface area contributed by atoms with Crippen molar-refractivity contribution in [1.82, 2.24) is 24.7 Å². The Bertz CT molecular complexity index is 724. The van der Waals surface area contributed by atoms with Gasteiger partial charge >= 0.3 is 0 Å². The van der Waals surface area contributed by atoms with E-state index in [1.54, 1.807) is 16.8 Å². The van der Waals surface area contributed by atoms with Crippen LogP contribution in [-0.2, 0) is 13.1 Å². The second-order valence-corrected chi connectivity index (χ2v) is 6.46. The largest absolute Gasteiger partial charge is 0.361 e. The van der Waals surface area contributed by atoms with Gasteiger partial charge in [0.05, 0.1) is 17.9 Å². The van der Waals surface area contributed by atoms with E-state index in [2.05, 4.69) is 20.1 Å². The molecule has 0 bridgehead atoms. The molecule has 24 heavy (non-hydrogen) atoms. The molecule has 0 aromatic carbocycles. The third kappa shape index (κ3) is 3.91. The van der Waals surface area contributed by atoms with Gasteiger partial charge in [0.15, 0.2) is 0 Å². The summed E-state index contributed by atoms with van der Waals surface area (Å²) in [7, 11) is 0. The average Bonchev–Trinajstić information content (AvgIpc) is 2.89. The summed E-state index contributed by atoms with van der Waals surface area (Å²) in [6, 6.07) is 3.34. The van der Waals surface area contributed by atoms with E-state index in [0.717, 1.165) is 56.4 Å². The standard InChI is InChI=1S/C17H25N5O2/c1-13-4-5-17(23)22(18-13)11-10-20-6-8-21(9-7-20)12-16-14(2)19-24-15(16)3/h4-5H,6-12H2,1-3H3.